The highest BCUT2D eigenvalue weighted by atomic mass is 19.1. The summed E-state index contributed by atoms with van der Waals surface area (Å²) in [7, 11) is 0. The Morgan fingerprint density at radius 3 is 2.41 bits per heavy atom. The van der Waals surface area contributed by atoms with Crippen LogP contribution in [0.15, 0.2) is 24.3 Å². The van der Waals surface area contributed by atoms with Gasteiger partial charge in [0.1, 0.15) is 5.82 Å². The predicted octanol–water partition coefficient (Wildman–Crippen LogP) is 1.08. The number of amides is 3. The van der Waals surface area contributed by atoms with Crippen molar-refractivity contribution in [1.82, 2.24) is 10.6 Å². The minimum atomic E-state index is -0.401. The lowest BCUT2D eigenvalue weighted by Gasteiger charge is -2.07. The minimum Gasteiger partial charge on any atom is -0.338 e. The van der Waals surface area contributed by atoms with Gasteiger partial charge in [0, 0.05) is 12.2 Å². The Kier molecular flexibility index (Phi) is 4.93. The number of nitrogens with one attached hydrogen (secondary N) is 3. The van der Waals surface area contributed by atoms with Gasteiger partial charge >= 0.3 is 6.03 Å². The van der Waals surface area contributed by atoms with Gasteiger partial charge in [0.05, 0.1) is 6.54 Å². The molecule has 3 N–H and O–H groups in total. The number of benzene rings is 1. The molecule has 0 atom stereocenters. The van der Waals surface area contributed by atoms with E-state index in [4.69, 9.17) is 0 Å². The number of halogens is 1. The van der Waals surface area contributed by atoms with Crippen LogP contribution in [0.3, 0.4) is 0 Å². The van der Waals surface area contributed by atoms with Gasteiger partial charge in [0.2, 0.25) is 5.91 Å². The van der Waals surface area contributed by atoms with Gasteiger partial charge in [-0.1, -0.05) is 0 Å². The quantitative estimate of drug-likeness (QED) is 0.736. The molecular weight excluding hydrogens is 225 g/mol. The third-order valence-corrected chi connectivity index (χ3v) is 1.87. The van der Waals surface area contributed by atoms with E-state index in [9.17, 15) is 14.0 Å². The fraction of sp³-hybridized carbons (Fsp3) is 0.273. The maximum Gasteiger partial charge on any atom is 0.315 e. The van der Waals surface area contributed by atoms with Gasteiger partial charge in [0.15, 0.2) is 0 Å². The van der Waals surface area contributed by atoms with Crippen LogP contribution in [0.5, 0.6) is 0 Å². The van der Waals surface area contributed by atoms with Crippen molar-refractivity contribution in [2.24, 2.45) is 0 Å². The van der Waals surface area contributed by atoms with E-state index in [-0.39, 0.29) is 18.3 Å². The third-order valence-electron chi connectivity index (χ3n) is 1.87. The van der Waals surface area contributed by atoms with Gasteiger partial charge in [-0.15, -0.1) is 0 Å². The molecule has 0 unspecified atom stereocenters. The average molecular weight is 239 g/mol. The Labute approximate surface area is 98.4 Å². The summed E-state index contributed by atoms with van der Waals surface area (Å²) in [6.45, 7) is 2.13. The molecule has 1 aromatic carbocycles. The maximum atomic E-state index is 12.6. The molecule has 3 amide bonds. The molecule has 6 heteroatoms. The van der Waals surface area contributed by atoms with Gasteiger partial charge in [-0.2, -0.15) is 0 Å². The zero-order valence-electron chi connectivity index (χ0n) is 9.42. The molecule has 0 fully saturated rings. The first-order chi connectivity index (χ1) is 8.11. The summed E-state index contributed by atoms with van der Waals surface area (Å²) in [6, 6.07) is 4.97. The van der Waals surface area contributed by atoms with E-state index in [1.54, 1.807) is 6.92 Å². The highest BCUT2D eigenvalue weighted by Crippen LogP contribution is 2.07. The molecule has 1 rings (SSSR count). The van der Waals surface area contributed by atoms with Crippen molar-refractivity contribution in [1.29, 1.82) is 0 Å². The van der Waals surface area contributed by atoms with Crippen molar-refractivity contribution in [3.8, 4) is 0 Å². The fourth-order valence-corrected chi connectivity index (χ4v) is 1.12. The molecule has 0 aliphatic carbocycles. The van der Waals surface area contributed by atoms with Crippen molar-refractivity contribution >= 4 is 17.6 Å². The normalized spacial score (nSPS) is 9.53. The first kappa shape index (κ1) is 13.0. The molecule has 5 nitrogen and oxygen atoms in total. The van der Waals surface area contributed by atoms with Crippen LogP contribution in [0.25, 0.3) is 0 Å². The van der Waals surface area contributed by atoms with E-state index < -0.39 is 6.03 Å². The molecule has 0 aliphatic rings. The molecule has 17 heavy (non-hydrogen) atoms. The maximum absolute atomic E-state index is 12.6. The van der Waals surface area contributed by atoms with Crippen LogP contribution in [0.1, 0.15) is 6.92 Å². The summed E-state index contributed by atoms with van der Waals surface area (Å²) in [5, 5.41) is 7.39. The second-order valence-corrected chi connectivity index (χ2v) is 3.27. The lowest BCUT2D eigenvalue weighted by molar-refractivity contribution is -0.115. The second-order valence-electron chi connectivity index (χ2n) is 3.27. The fourth-order valence-electron chi connectivity index (χ4n) is 1.12. The van der Waals surface area contributed by atoms with Crippen molar-refractivity contribution in [3.63, 3.8) is 0 Å². The molecule has 0 heterocycles. The number of carbonyl (C=O) groups is 2. The molecular formula is C11H14FN3O2. The van der Waals surface area contributed by atoms with Gasteiger partial charge in [-0.3, -0.25) is 4.79 Å². The first-order valence-electron chi connectivity index (χ1n) is 5.19. The number of anilines is 1. The third kappa shape index (κ3) is 4.96. The van der Waals surface area contributed by atoms with E-state index in [2.05, 4.69) is 16.0 Å². The molecule has 0 saturated heterocycles. The van der Waals surface area contributed by atoms with Crippen LogP contribution in [-0.4, -0.2) is 25.0 Å². The van der Waals surface area contributed by atoms with Gasteiger partial charge < -0.3 is 16.0 Å². The molecule has 92 valence electrons. The molecule has 1 aromatic rings. The largest absolute Gasteiger partial charge is 0.338 e. The summed E-state index contributed by atoms with van der Waals surface area (Å²) < 4.78 is 12.6. The lowest BCUT2D eigenvalue weighted by atomic mass is 10.3. The van der Waals surface area contributed by atoms with Crippen LogP contribution < -0.4 is 16.0 Å². The standard InChI is InChI=1S/C11H14FN3O2/c1-2-13-11(17)14-7-10(16)15-9-5-3-8(12)4-6-9/h3-6H,2,7H2,1H3,(H,15,16)(H2,13,14,17). The second kappa shape index (κ2) is 6.47. The van der Waals surface area contributed by atoms with Crippen LogP contribution in [0.4, 0.5) is 14.9 Å². The number of hydrogen-bond donors (Lipinski definition) is 3. The Morgan fingerprint density at radius 1 is 1.18 bits per heavy atom. The van der Waals surface area contributed by atoms with Crippen molar-refractivity contribution in [3.05, 3.63) is 30.1 Å². The van der Waals surface area contributed by atoms with E-state index in [1.807, 2.05) is 0 Å². The molecule has 0 bridgehead atoms. The number of hydrogen-bond acceptors (Lipinski definition) is 2. The molecule has 0 radical (unpaired) electrons. The topological polar surface area (TPSA) is 70.2 Å². The van der Waals surface area contributed by atoms with Crippen molar-refractivity contribution in [2.75, 3.05) is 18.4 Å². The molecule has 0 spiro atoms. The SMILES string of the molecule is CCNC(=O)NCC(=O)Nc1ccc(F)cc1. The predicted molar refractivity (Wildman–Crippen MR) is 62.1 cm³/mol. The van der Waals surface area contributed by atoms with Crippen molar-refractivity contribution < 1.29 is 14.0 Å². The van der Waals surface area contributed by atoms with Crippen LogP contribution in [0.2, 0.25) is 0 Å². The van der Waals surface area contributed by atoms with Gasteiger partial charge in [-0.05, 0) is 31.2 Å². The number of rotatable bonds is 4. The smallest absolute Gasteiger partial charge is 0.315 e. The monoisotopic (exact) mass is 239 g/mol. The summed E-state index contributed by atoms with van der Waals surface area (Å²) >= 11 is 0. The lowest BCUT2D eigenvalue weighted by Crippen LogP contribution is -2.39. The highest BCUT2D eigenvalue weighted by molar-refractivity contribution is 5.94. The Balaban J connectivity index is 2.34. The number of carbonyl (C=O) groups excluding carboxylic acids is 2. The Hall–Kier alpha value is -2.11. The highest BCUT2D eigenvalue weighted by Gasteiger charge is 2.04. The summed E-state index contributed by atoms with van der Waals surface area (Å²) in [4.78, 5) is 22.4. The average Bonchev–Trinajstić information content (AvgIpc) is 2.30. The van der Waals surface area contributed by atoms with Crippen LogP contribution in [-0.2, 0) is 4.79 Å². The first-order valence-corrected chi connectivity index (χ1v) is 5.19. The van der Waals surface area contributed by atoms with Crippen LogP contribution in [0, 0.1) is 5.82 Å². The van der Waals surface area contributed by atoms with E-state index >= 15 is 0 Å². The zero-order valence-corrected chi connectivity index (χ0v) is 9.42. The zero-order chi connectivity index (χ0) is 12.7. The van der Waals surface area contributed by atoms with Crippen molar-refractivity contribution in [2.45, 2.75) is 6.92 Å². The summed E-state index contributed by atoms with van der Waals surface area (Å²) in [5.74, 6) is -0.744. The van der Waals surface area contributed by atoms with E-state index in [0.29, 0.717) is 12.2 Å². The van der Waals surface area contributed by atoms with E-state index in [0.717, 1.165) is 0 Å². The summed E-state index contributed by atoms with van der Waals surface area (Å²) in [5.41, 5.74) is 0.481. The Morgan fingerprint density at radius 2 is 1.82 bits per heavy atom. The van der Waals surface area contributed by atoms with E-state index in [1.165, 1.54) is 24.3 Å². The summed E-state index contributed by atoms with van der Waals surface area (Å²) in [6.07, 6.45) is 0. The molecule has 0 saturated carbocycles. The van der Waals surface area contributed by atoms with Gasteiger partial charge in [-0.25, -0.2) is 9.18 Å². The molecule has 0 aromatic heterocycles. The molecule has 0 aliphatic heterocycles. The minimum absolute atomic E-state index is 0.136. The number of urea groups is 1. The van der Waals surface area contributed by atoms with Gasteiger partial charge in [0.25, 0.3) is 0 Å². The Bertz CT molecular complexity index is 392. The van der Waals surface area contributed by atoms with Crippen LogP contribution >= 0.6 is 0 Å².